The molecule has 1 aliphatic heterocycles. The number of hydrogen-bond acceptors (Lipinski definition) is 3. The molecule has 0 saturated carbocycles. The van der Waals surface area contributed by atoms with Crippen molar-refractivity contribution >= 4 is 17.7 Å². The van der Waals surface area contributed by atoms with Gasteiger partial charge in [-0.15, -0.1) is 0 Å². The molecular formula is C12H18N4O3. The van der Waals surface area contributed by atoms with Gasteiger partial charge in [-0.3, -0.25) is 9.89 Å². The van der Waals surface area contributed by atoms with Gasteiger partial charge in [-0.1, -0.05) is 0 Å². The maximum Gasteiger partial charge on any atom is 0.321 e. The second kappa shape index (κ2) is 5.29. The minimum atomic E-state index is -0.776. The molecule has 0 spiro atoms. The van der Waals surface area contributed by atoms with Gasteiger partial charge in [0.15, 0.2) is 0 Å². The fourth-order valence-corrected chi connectivity index (χ4v) is 2.25. The van der Waals surface area contributed by atoms with Crippen molar-refractivity contribution in [3.8, 4) is 0 Å². The van der Waals surface area contributed by atoms with Gasteiger partial charge in [0.2, 0.25) is 0 Å². The largest absolute Gasteiger partial charge is 0.481 e. The summed E-state index contributed by atoms with van der Waals surface area (Å²) in [5.41, 5.74) is 2.25. The number of aryl methyl sites for hydroxylation is 2. The highest BCUT2D eigenvalue weighted by atomic mass is 16.4. The van der Waals surface area contributed by atoms with Crippen LogP contribution in [0.1, 0.15) is 24.2 Å². The standard InChI is InChI=1S/C12H18N4O3/c1-7-10(8(2)15-14-7)13-12(19)16-5-3-9(4-6-16)11(17)18/h9H,3-6H2,1-2H3,(H,13,19)(H,14,15)(H,17,18). The Kier molecular flexibility index (Phi) is 3.73. The number of carbonyl (C=O) groups is 2. The third kappa shape index (κ3) is 2.86. The van der Waals surface area contributed by atoms with E-state index >= 15 is 0 Å². The van der Waals surface area contributed by atoms with E-state index in [1.165, 1.54) is 0 Å². The number of rotatable bonds is 2. The molecule has 0 radical (unpaired) electrons. The number of urea groups is 1. The lowest BCUT2D eigenvalue weighted by molar-refractivity contribution is -0.143. The number of anilines is 1. The second-order valence-electron chi connectivity index (χ2n) is 4.84. The van der Waals surface area contributed by atoms with Gasteiger partial charge < -0.3 is 15.3 Å². The van der Waals surface area contributed by atoms with Crippen LogP contribution in [-0.4, -0.2) is 45.3 Å². The summed E-state index contributed by atoms with van der Waals surface area (Å²) in [6.07, 6.45) is 1.01. The highest BCUT2D eigenvalue weighted by molar-refractivity contribution is 5.90. The van der Waals surface area contributed by atoms with Crippen LogP contribution in [0.2, 0.25) is 0 Å². The average molecular weight is 266 g/mol. The minimum Gasteiger partial charge on any atom is -0.481 e. The van der Waals surface area contributed by atoms with E-state index in [1.807, 2.05) is 13.8 Å². The molecule has 0 atom stereocenters. The van der Waals surface area contributed by atoms with Crippen LogP contribution in [0.25, 0.3) is 0 Å². The van der Waals surface area contributed by atoms with Crippen LogP contribution in [0.5, 0.6) is 0 Å². The number of amides is 2. The van der Waals surface area contributed by atoms with E-state index in [1.54, 1.807) is 4.90 Å². The number of carbonyl (C=O) groups excluding carboxylic acids is 1. The smallest absolute Gasteiger partial charge is 0.321 e. The normalized spacial score (nSPS) is 16.4. The summed E-state index contributed by atoms with van der Waals surface area (Å²) in [7, 11) is 0. The number of likely N-dealkylation sites (tertiary alicyclic amines) is 1. The zero-order valence-electron chi connectivity index (χ0n) is 11.1. The molecule has 0 unspecified atom stereocenters. The van der Waals surface area contributed by atoms with Crippen molar-refractivity contribution in [1.29, 1.82) is 0 Å². The Hall–Kier alpha value is -2.05. The highest BCUT2D eigenvalue weighted by Gasteiger charge is 2.27. The SMILES string of the molecule is Cc1n[nH]c(C)c1NC(=O)N1CCC(C(=O)O)CC1. The number of hydrogen-bond donors (Lipinski definition) is 3. The summed E-state index contributed by atoms with van der Waals surface area (Å²) < 4.78 is 0. The van der Waals surface area contributed by atoms with E-state index in [4.69, 9.17) is 5.11 Å². The number of H-pyrrole nitrogens is 1. The molecule has 0 bridgehead atoms. The molecular weight excluding hydrogens is 248 g/mol. The number of aliphatic carboxylic acids is 1. The molecule has 104 valence electrons. The number of carboxylic acid groups (broad SMARTS) is 1. The van der Waals surface area contributed by atoms with E-state index in [0.29, 0.717) is 31.6 Å². The Labute approximate surface area is 111 Å². The first-order chi connectivity index (χ1) is 8.99. The lowest BCUT2D eigenvalue weighted by Crippen LogP contribution is -2.42. The van der Waals surface area contributed by atoms with E-state index in [0.717, 1.165) is 11.4 Å². The predicted molar refractivity (Wildman–Crippen MR) is 69.0 cm³/mol. The third-order valence-corrected chi connectivity index (χ3v) is 3.49. The number of carboxylic acids is 1. The van der Waals surface area contributed by atoms with Crippen LogP contribution in [-0.2, 0) is 4.79 Å². The minimum absolute atomic E-state index is 0.198. The molecule has 1 aromatic heterocycles. The van der Waals surface area contributed by atoms with Crippen molar-refractivity contribution < 1.29 is 14.7 Å². The summed E-state index contributed by atoms with van der Waals surface area (Å²) in [4.78, 5) is 24.6. The number of aromatic nitrogens is 2. The Balaban J connectivity index is 1.93. The molecule has 7 nitrogen and oxygen atoms in total. The van der Waals surface area contributed by atoms with E-state index in [2.05, 4.69) is 15.5 Å². The van der Waals surface area contributed by atoms with E-state index < -0.39 is 5.97 Å². The molecule has 1 aliphatic rings. The zero-order valence-corrected chi connectivity index (χ0v) is 11.1. The van der Waals surface area contributed by atoms with Crippen molar-refractivity contribution in [2.75, 3.05) is 18.4 Å². The Morgan fingerprint density at radius 3 is 2.47 bits per heavy atom. The van der Waals surface area contributed by atoms with Gasteiger partial charge in [0.05, 0.1) is 23.0 Å². The maximum absolute atomic E-state index is 12.1. The quantitative estimate of drug-likeness (QED) is 0.752. The van der Waals surface area contributed by atoms with Gasteiger partial charge in [-0.2, -0.15) is 5.10 Å². The Morgan fingerprint density at radius 1 is 1.37 bits per heavy atom. The van der Waals surface area contributed by atoms with E-state index in [-0.39, 0.29) is 11.9 Å². The van der Waals surface area contributed by atoms with Crippen LogP contribution in [0.15, 0.2) is 0 Å². The molecule has 2 heterocycles. The third-order valence-electron chi connectivity index (χ3n) is 3.49. The Morgan fingerprint density at radius 2 is 2.00 bits per heavy atom. The van der Waals surface area contributed by atoms with Gasteiger partial charge in [0.25, 0.3) is 0 Å². The number of nitrogens with one attached hydrogen (secondary N) is 2. The molecule has 3 N–H and O–H groups in total. The van der Waals surface area contributed by atoms with Crippen molar-refractivity contribution in [2.24, 2.45) is 5.92 Å². The first kappa shape index (κ1) is 13.4. The van der Waals surface area contributed by atoms with Crippen LogP contribution in [0.4, 0.5) is 10.5 Å². The fraction of sp³-hybridized carbons (Fsp3) is 0.583. The highest BCUT2D eigenvalue weighted by Crippen LogP contribution is 2.20. The van der Waals surface area contributed by atoms with Crippen molar-refractivity contribution in [3.63, 3.8) is 0 Å². The molecule has 2 amide bonds. The zero-order chi connectivity index (χ0) is 14.0. The first-order valence-electron chi connectivity index (χ1n) is 6.29. The second-order valence-corrected chi connectivity index (χ2v) is 4.84. The molecule has 0 aliphatic carbocycles. The summed E-state index contributed by atoms with van der Waals surface area (Å²) in [6, 6.07) is -0.198. The molecule has 1 aromatic rings. The monoisotopic (exact) mass is 266 g/mol. The summed E-state index contributed by atoms with van der Waals surface area (Å²) in [6.45, 7) is 4.60. The summed E-state index contributed by atoms with van der Waals surface area (Å²) in [5, 5.41) is 18.5. The fourth-order valence-electron chi connectivity index (χ4n) is 2.25. The molecule has 0 aromatic carbocycles. The van der Waals surface area contributed by atoms with Crippen molar-refractivity contribution in [2.45, 2.75) is 26.7 Å². The van der Waals surface area contributed by atoms with Crippen LogP contribution >= 0.6 is 0 Å². The van der Waals surface area contributed by atoms with Gasteiger partial charge in [0.1, 0.15) is 0 Å². The molecule has 1 fully saturated rings. The lowest BCUT2D eigenvalue weighted by Gasteiger charge is -2.30. The van der Waals surface area contributed by atoms with E-state index in [9.17, 15) is 9.59 Å². The number of aromatic amines is 1. The van der Waals surface area contributed by atoms with Crippen LogP contribution in [0.3, 0.4) is 0 Å². The van der Waals surface area contributed by atoms with Crippen molar-refractivity contribution in [1.82, 2.24) is 15.1 Å². The van der Waals surface area contributed by atoms with Gasteiger partial charge in [0, 0.05) is 13.1 Å². The number of nitrogens with zero attached hydrogens (tertiary/aromatic N) is 2. The molecule has 7 heteroatoms. The number of piperidine rings is 1. The summed E-state index contributed by atoms with van der Waals surface area (Å²) in [5.74, 6) is -1.11. The van der Waals surface area contributed by atoms with Gasteiger partial charge in [-0.25, -0.2) is 4.79 Å². The van der Waals surface area contributed by atoms with Crippen molar-refractivity contribution in [3.05, 3.63) is 11.4 Å². The first-order valence-corrected chi connectivity index (χ1v) is 6.29. The van der Waals surface area contributed by atoms with Gasteiger partial charge in [-0.05, 0) is 26.7 Å². The molecule has 19 heavy (non-hydrogen) atoms. The molecule has 2 rings (SSSR count). The van der Waals surface area contributed by atoms with Crippen LogP contribution in [0, 0.1) is 19.8 Å². The predicted octanol–water partition coefficient (Wildman–Crippen LogP) is 1.36. The lowest BCUT2D eigenvalue weighted by atomic mass is 9.97. The Bertz CT molecular complexity index is 470. The summed E-state index contributed by atoms with van der Waals surface area (Å²) >= 11 is 0. The molecule has 1 saturated heterocycles. The average Bonchev–Trinajstić information content (AvgIpc) is 2.70. The maximum atomic E-state index is 12.1. The van der Waals surface area contributed by atoms with Gasteiger partial charge >= 0.3 is 12.0 Å². The topological polar surface area (TPSA) is 98.3 Å². The van der Waals surface area contributed by atoms with Crippen LogP contribution < -0.4 is 5.32 Å².